The van der Waals surface area contributed by atoms with Gasteiger partial charge in [-0.25, -0.2) is 13.4 Å². The van der Waals surface area contributed by atoms with Crippen LogP contribution in [0, 0.1) is 0 Å². The number of imidazole rings is 1. The van der Waals surface area contributed by atoms with E-state index in [1.807, 2.05) is 18.2 Å². The lowest BCUT2D eigenvalue weighted by atomic mass is 10.2. The van der Waals surface area contributed by atoms with Gasteiger partial charge < -0.3 is 9.88 Å². The van der Waals surface area contributed by atoms with Gasteiger partial charge in [0.25, 0.3) is 0 Å². The molecule has 3 rings (SSSR count). The van der Waals surface area contributed by atoms with Gasteiger partial charge in [0.05, 0.1) is 29.1 Å². The van der Waals surface area contributed by atoms with Crippen LogP contribution in [0.4, 0.5) is 0 Å². The Hall–Kier alpha value is -1.40. The Morgan fingerprint density at radius 1 is 1.40 bits per heavy atom. The summed E-state index contributed by atoms with van der Waals surface area (Å²) in [5.74, 6) is 1.52. The van der Waals surface area contributed by atoms with Gasteiger partial charge in [-0.2, -0.15) is 0 Å². The standard InChI is InChI=1S/C14H19N3O2S/c1-2-17-13-6-4-3-5-12(13)16-14(17)9-15-11-7-8-20(18,19)10-11/h3-6,11,15H,2,7-10H2,1H3/t11-/m0/s1. The van der Waals surface area contributed by atoms with Crippen molar-refractivity contribution in [1.82, 2.24) is 14.9 Å². The van der Waals surface area contributed by atoms with Crippen molar-refractivity contribution in [3.8, 4) is 0 Å². The number of benzene rings is 1. The number of hydrogen-bond donors (Lipinski definition) is 1. The van der Waals surface area contributed by atoms with Gasteiger partial charge in [0.1, 0.15) is 5.82 Å². The summed E-state index contributed by atoms with van der Waals surface area (Å²) >= 11 is 0. The van der Waals surface area contributed by atoms with Crippen molar-refractivity contribution in [3.05, 3.63) is 30.1 Å². The van der Waals surface area contributed by atoms with Gasteiger partial charge in [0.2, 0.25) is 0 Å². The number of rotatable bonds is 4. The molecule has 0 aliphatic carbocycles. The average Bonchev–Trinajstić information content (AvgIpc) is 2.95. The van der Waals surface area contributed by atoms with Crippen LogP contribution in [0.25, 0.3) is 11.0 Å². The van der Waals surface area contributed by atoms with Crippen LogP contribution < -0.4 is 5.32 Å². The van der Waals surface area contributed by atoms with Crippen molar-refractivity contribution in [2.24, 2.45) is 0 Å². The first-order valence-corrected chi connectivity index (χ1v) is 8.79. The fraction of sp³-hybridized carbons (Fsp3) is 0.500. The number of nitrogens with zero attached hydrogens (tertiary/aromatic N) is 2. The molecular formula is C14H19N3O2S. The summed E-state index contributed by atoms with van der Waals surface area (Å²) in [4.78, 5) is 4.63. The molecule has 1 saturated heterocycles. The Balaban J connectivity index is 1.78. The highest BCUT2D eigenvalue weighted by molar-refractivity contribution is 7.91. The fourth-order valence-corrected chi connectivity index (χ4v) is 4.51. The maximum absolute atomic E-state index is 11.5. The van der Waals surface area contributed by atoms with Gasteiger partial charge in [0, 0.05) is 12.6 Å². The first kappa shape index (κ1) is 13.6. The van der Waals surface area contributed by atoms with E-state index >= 15 is 0 Å². The molecule has 0 radical (unpaired) electrons. The summed E-state index contributed by atoms with van der Waals surface area (Å²) in [5.41, 5.74) is 2.12. The topological polar surface area (TPSA) is 64.0 Å². The van der Waals surface area contributed by atoms with Crippen LogP contribution in [0.5, 0.6) is 0 Å². The number of para-hydroxylation sites is 2. The maximum atomic E-state index is 11.5. The zero-order valence-corrected chi connectivity index (χ0v) is 12.4. The predicted molar refractivity (Wildman–Crippen MR) is 79.3 cm³/mol. The minimum absolute atomic E-state index is 0.0603. The van der Waals surface area contributed by atoms with E-state index in [9.17, 15) is 8.42 Å². The minimum atomic E-state index is -2.83. The van der Waals surface area contributed by atoms with Crippen molar-refractivity contribution in [1.29, 1.82) is 0 Å². The summed E-state index contributed by atoms with van der Waals surface area (Å²) in [6, 6.07) is 8.12. The number of hydrogen-bond acceptors (Lipinski definition) is 4. The first-order chi connectivity index (χ1) is 9.59. The van der Waals surface area contributed by atoms with Gasteiger partial charge >= 0.3 is 0 Å². The molecule has 108 valence electrons. The SMILES string of the molecule is CCn1c(CN[C@H]2CCS(=O)(=O)C2)nc2ccccc21. The van der Waals surface area contributed by atoms with Crippen molar-refractivity contribution < 1.29 is 8.42 Å². The summed E-state index contributed by atoms with van der Waals surface area (Å²) < 4.78 is 25.1. The Morgan fingerprint density at radius 3 is 2.90 bits per heavy atom. The molecule has 1 aliphatic rings. The maximum Gasteiger partial charge on any atom is 0.151 e. The Bertz CT molecular complexity index is 721. The van der Waals surface area contributed by atoms with E-state index < -0.39 is 9.84 Å². The Morgan fingerprint density at radius 2 is 2.20 bits per heavy atom. The Kier molecular flexibility index (Phi) is 3.52. The van der Waals surface area contributed by atoms with Gasteiger partial charge in [-0.1, -0.05) is 12.1 Å². The lowest BCUT2D eigenvalue weighted by Crippen LogP contribution is -2.30. The second kappa shape index (κ2) is 5.18. The van der Waals surface area contributed by atoms with E-state index in [1.54, 1.807) is 0 Å². The largest absolute Gasteiger partial charge is 0.327 e. The molecule has 1 aliphatic heterocycles. The quantitative estimate of drug-likeness (QED) is 0.924. The monoisotopic (exact) mass is 293 g/mol. The molecule has 1 atom stereocenters. The van der Waals surface area contributed by atoms with Crippen LogP contribution in [-0.4, -0.2) is 35.5 Å². The average molecular weight is 293 g/mol. The summed E-state index contributed by atoms with van der Waals surface area (Å²) in [7, 11) is -2.83. The molecule has 1 fully saturated rings. The summed E-state index contributed by atoms with van der Waals surface area (Å²) in [5, 5.41) is 3.33. The van der Waals surface area contributed by atoms with Crippen LogP contribution in [-0.2, 0) is 22.9 Å². The van der Waals surface area contributed by atoms with Crippen molar-refractivity contribution in [3.63, 3.8) is 0 Å². The fourth-order valence-electron chi connectivity index (χ4n) is 2.80. The summed E-state index contributed by atoms with van der Waals surface area (Å²) in [6.07, 6.45) is 0.703. The third-order valence-electron chi connectivity index (χ3n) is 3.83. The van der Waals surface area contributed by atoms with Crippen LogP contribution >= 0.6 is 0 Å². The molecule has 0 amide bonds. The van der Waals surface area contributed by atoms with Crippen LogP contribution in [0.1, 0.15) is 19.2 Å². The molecule has 0 saturated carbocycles. The zero-order valence-electron chi connectivity index (χ0n) is 11.5. The Labute approximate surface area is 118 Å². The third kappa shape index (κ3) is 2.58. The third-order valence-corrected chi connectivity index (χ3v) is 5.60. The summed E-state index contributed by atoms with van der Waals surface area (Å²) in [6.45, 7) is 3.57. The number of sulfone groups is 1. The zero-order chi connectivity index (χ0) is 14.2. The van der Waals surface area contributed by atoms with Crippen LogP contribution in [0.2, 0.25) is 0 Å². The highest BCUT2D eigenvalue weighted by Gasteiger charge is 2.27. The molecule has 20 heavy (non-hydrogen) atoms. The van der Waals surface area contributed by atoms with Crippen LogP contribution in [0.15, 0.2) is 24.3 Å². The van der Waals surface area contributed by atoms with E-state index in [0.717, 1.165) is 23.4 Å². The van der Waals surface area contributed by atoms with Crippen molar-refractivity contribution in [2.45, 2.75) is 32.5 Å². The van der Waals surface area contributed by atoms with E-state index in [0.29, 0.717) is 18.7 Å². The van der Waals surface area contributed by atoms with E-state index in [1.165, 1.54) is 0 Å². The number of aryl methyl sites for hydroxylation is 1. The van der Waals surface area contributed by atoms with Gasteiger partial charge in [-0.05, 0) is 25.5 Å². The molecule has 6 heteroatoms. The normalized spacial score (nSPS) is 21.6. The molecule has 0 unspecified atom stereocenters. The molecule has 2 heterocycles. The van der Waals surface area contributed by atoms with Gasteiger partial charge in [0.15, 0.2) is 9.84 Å². The molecule has 0 bridgehead atoms. The molecule has 1 N–H and O–H groups in total. The molecule has 1 aromatic carbocycles. The first-order valence-electron chi connectivity index (χ1n) is 6.97. The van der Waals surface area contributed by atoms with E-state index in [2.05, 4.69) is 27.9 Å². The molecule has 5 nitrogen and oxygen atoms in total. The predicted octanol–water partition coefficient (Wildman–Crippen LogP) is 1.33. The minimum Gasteiger partial charge on any atom is -0.327 e. The number of fused-ring (bicyclic) bond motifs is 1. The van der Waals surface area contributed by atoms with Crippen LogP contribution in [0.3, 0.4) is 0 Å². The van der Waals surface area contributed by atoms with Gasteiger partial charge in [-0.15, -0.1) is 0 Å². The molecule has 1 aromatic heterocycles. The van der Waals surface area contributed by atoms with Crippen molar-refractivity contribution in [2.75, 3.05) is 11.5 Å². The second-order valence-corrected chi connectivity index (χ2v) is 7.47. The number of aromatic nitrogens is 2. The highest BCUT2D eigenvalue weighted by atomic mass is 32.2. The lowest BCUT2D eigenvalue weighted by Gasteiger charge is -2.11. The molecule has 0 spiro atoms. The smallest absolute Gasteiger partial charge is 0.151 e. The van der Waals surface area contributed by atoms with E-state index in [4.69, 9.17) is 0 Å². The molecular weight excluding hydrogens is 274 g/mol. The van der Waals surface area contributed by atoms with E-state index in [-0.39, 0.29) is 11.8 Å². The lowest BCUT2D eigenvalue weighted by molar-refractivity contribution is 0.529. The van der Waals surface area contributed by atoms with Crippen molar-refractivity contribution >= 4 is 20.9 Å². The number of nitrogens with one attached hydrogen (secondary N) is 1. The highest BCUT2D eigenvalue weighted by Crippen LogP contribution is 2.17. The van der Waals surface area contributed by atoms with Gasteiger partial charge in [-0.3, -0.25) is 0 Å². The second-order valence-electron chi connectivity index (χ2n) is 5.24. The molecule has 2 aromatic rings.